The van der Waals surface area contributed by atoms with E-state index >= 15 is 0 Å². The average molecular weight is 885 g/mol. The Balaban J connectivity index is 1.15. The number of benzene rings is 6. The van der Waals surface area contributed by atoms with Crippen molar-refractivity contribution >= 4 is 33.2 Å². The Hall–Kier alpha value is -6.59. The third kappa shape index (κ3) is 8.77. The lowest BCUT2D eigenvalue weighted by molar-refractivity contribution is 0.477. The largest absolute Gasteiger partial charge is 0.457 e. The molecule has 0 saturated heterocycles. The van der Waals surface area contributed by atoms with Gasteiger partial charge >= 0.3 is 0 Å². The molecule has 0 fully saturated rings. The lowest BCUT2D eigenvalue weighted by Gasteiger charge is -2.31. The molecule has 67 heavy (non-hydrogen) atoms. The van der Waals surface area contributed by atoms with Gasteiger partial charge in [0.15, 0.2) is 0 Å². The maximum Gasteiger partial charge on any atom is 0.137 e. The van der Waals surface area contributed by atoms with Crippen molar-refractivity contribution in [3.8, 4) is 17.3 Å². The summed E-state index contributed by atoms with van der Waals surface area (Å²) >= 11 is 0. The van der Waals surface area contributed by atoms with Gasteiger partial charge in [-0.2, -0.15) is 0 Å². The first-order valence-corrected chi connectivity index (χ1v) is 24.0. The number of pyridine rings is 1. The second-order valence-corrected chi connectivity index (χ2v) is 22.8. The molecular formula is C62H68N4O. The van der Waals surface area contributed by atoms with E-state index in [-0.39, 0.29) is 27.1 Å². The van der Waals surface area contributed by atoms with Crippen LogP contribution in [0.1, 0.15) is 129 Å². The Labute approximate surface area is 399 Å². The van der Waals surface area contributed by atoms with Crippen LogP contribution in [0.15, 0.2) is 164 Å². The number of ether oxygens (including phenoxy) is 1. The minimum atomic E-state index is -0.364. The topological polar surface area (TPSA) is 33.5 Å². The van der Waals surface area contributed by atoms with E-state index < -0.39 is 0 Å². The summed E-state index contributed by atoms with van der Waals surface area (Å²) in [6.07, 6.45) is 6.38. The minimum Gasteiger partial charge on any atom is -0.457 e. The highest BCUT2D eigenvalue weighted by Crippen LogP contribution is 2.46. The molecule has 0 radical (unpaired) electrons. The van der Waals surface area contributed by atoms with Gasteiger partial charge in [-0.05, 0) is 104 Å². The summed E-state index contributed by atoms with van der Waals surface area (Å²) in [5.41, 5.74) is 12.5. The lowest BCUT2D eigenvalue weighted by Crippen LogP contribution is -2.27. The highest BCUT2D eigenvalue weighted by atomic mass is 16.5. The van der Waals surface area contributed by atoms with Crippen LogP contribution in [0.3, 0.4) is 0 Å². The van der Waals surface area contributed by atoms with E-state index in [2.05, 4.69) is 262 Å². The van der Waals surface area contributed by atoms with Crippen LogP contribution in [0, 0.1) is 0 Å². The number of rotatable bonds is 9. The van der Waals surface area contributed by atoms with E-state index in [1.54, 1.807) is 0 Å². The Kier molecular flexibility index (Phi) is 11.3. The van der Waals surface area contributed by atoms with Gasteiger partial charge in [-0.1, -0.05) is 175 Å². The van der Waals surface area contributed by atoms with Gasteiger partial charge in [0, 0.05) is 63.7 Å². The number of fused-ring (bicyclic) bond motifs is 3. The number of anilines is 2. The summed E-state index contributed by atoms with van der Waals surface area (Å²) < 4.78 is 9.55. The molecule has 0 N–H and O–H groups in total. The summed E-state index contributed by atoms with van der Waals surface area (Å²) in [5, 5.41) is 2.40. The van der Waals surface area contributed by atoms with E-state index in [9.17, 15) is 0 Å². The van der Waals surface area contributed by atoms with Crippen molar-refractivity contribution in [2.45, 2.75) is 117 Å². The molecule has 0 spiro atoms. The molecular weight excluding hydrogens is 817 g/mol. The fraction of sp³-hybridized carbons (Fsp3) is 0.306. The number of para-hydroxylation sites is 1. The van der Waals surface area contributed by atoms with Crippen LogP contribution in [0.4, 0.5) is 11.4 Å². The molecule has 2 aromatic heterocycles. The second-order valence-electron chi connectivity index (χ2n) is 22.8. The van der Waals surface area contributed by atoms with E-state index in [4.69, 9.17) is 9.72 Å². The predicted molar refractivity (Wildman–Crippen MR) is 284 cm³/mol. The highest BCUT2D eigenvalue weighted by Gasteiger charge is 2.31. The van der Waals surface area contributed by atoms with E-state index in [1.165, 1.54) is 55.4 Å². The van der Waals surface area contributed by atoms with Crippen LogP contribution >= 0.6 is 0 Å². The molecule has 0 amide bonds. The number of nitrogens with zero attached hydrogens (tertiary/aromatic N) is 4. The number of aromatic nitrogens is 2. The Bertz CT molecular complexity index is 3130. The summed E-state index contributed by atoms with van der Waals surface area (Å²) in [6, 6.07) is 53.3. The first kappa shape index (κ1) is 45.6. The summed E-state index contributed by atoms with van der Waals surface area (Å²) in [6.45, 7) is 30.5. The lowest BCUT2D eigenvalue weighted by atomic mass is 9.75. The average Bonchev–Trinajstić information content (AvgIpc) is 3.92. The molecule has 5 heteroatoms. The van der Waals surface area contributed by atoms with Crippen LogP contribution in [0.5, 0.6) is 11.5 Å². The molecule has 342 valence electrons. The zero-order valence-corrected chi connectivity index (χ0v) is 42.0. The van der Waals surface area contributed by atoms with Crippen molar-refractivity contribution in [1.82, 2.24) is 9.55 Å². The quantitative estimate of drug-likeness (QED) is 0.145. The molecule has 6 aromatic carbocycles. The zero-order valence-electron chi connectivity index (χ0n) is 42.0. The van der Waals surface area contributed by atoms with Crippen molar-refractivity contribution in [3.05, 3.63) is 203 Å². The maximum atomic E-state index is 7.22. The molecule has 9 rings (SSSR count). The van der Waals surface area contributed by atoms with Crippen LogP contribution < -0.4 is 14.5 Å². The maximum absolute atomic E-state index is 7.22. The molecule has 0 bridgehead atoms. The number of hydrogen-bond acceptors (Lipinski definition) is 4. The monoisotopic (exact) mass is 885 g/mol. The van der Waals surface area contributed by atoms with Gasteiger partial charge in [0.05, 0.1) is 17.7 Å². The zero-order chi connectivity index (χ0) is 47.7. The fourth-order valence-corrected chi connectivity index (χ4v) is 9.61. The standard InChI is InChI=1S/C62H68N4O/c1-58(2,3)44-28-29-63-56(37-44)66-54-27-21-20-26-52(54)57-53(62(12,13)43-24-18-15-19-25-43)39-51(40-55(57)66)67-50-36-46(60(7,8)9)34-49(38-50)65-31-30-64(41-65)48-33-45(59(4,5)6)32-47(35-48)61(10,11)42-22-16-14-17-23-42/h14-40H,41H2,1-13H3. The second kappa shape index (κ2) is 16.6. The van der Waals surface area contributed by atoms with Crippen LogP contribution in [0.2, 0.25) is 0 Å². The molecule has 0 unspecified atom stereocenters. The molecule has 1 aliphatic rings. The van der Waals surface area contributed by atoms with Crippen LogP contribution in [-0.4, -0.2) is 16.2 Å². The molecule has 0 aliphatic carbocycles. The minimum absolute atomic E-state index is 0.0194. The van der Waals surface area contributed by atoms with Gasteiger partial charge in [0.1, 0.15) is 17.3 Å². The summed E-state index contributed by atoms with van der Waals surface area (Å²) in [5.74, 6) is 2.48. The van der Waals surface area contributed by atoms with Gasteiger partial charge in [0.25, 0.3) is 0 Å². The Morgan fingerprint density at radius 2 is 0.955 bits per heavy atom. The van der Waals surface area contributed by atoms with E-state index in [1.807, 2.05) is 6.20 Å². The van der Waals surface area contributed by atoms with Crippen LogP contribution in [-0.2, 0) is 27.1 Å². The molecule has 8 aromatic rings. The van der Waals surface area contributed by atoms with Crippen molar-refractivity contribution in [3.63, 3.8) is 0 Å². The van der Waals surface area contributed by atoms with Crippen LogP contribution in [0.25, 0.3) is 27.6 Å². The van der Waals surface area contributed by atoms with Gasteiger partial charge in [-0.25, -0.2) is 4.98 Å². The van der Waals surface area contributed by atoms with E-state index in [0.29, 0.717) is 6.67 Å². The summed E-state index contributed by atoms with van der Waals surface area (Å²) in [7, 11) is 0. The van der Waals surface area contributed by atoms with E-state index in [0.717, 1.165) is 34.0 Å². The van der Waals surface area contributed by atoms with Gasteiger partial charge in [-0.15, -0.1) is 0 Å². The molecule has 1 aliphatic heterocycles. The Morgan fingerprint density at radius 3 is 1.57 bits per heavy atom. The van der Waals surface area contributed by atoms with Gasteiger partial charge < -0.3 is 14.5 Å². The third-order valence-electron chi connectivity index (χ3n) is 14.1. The Morgan fingerprint density at radius 1 is 0.433 bits per heavy atom. The van der Waals surface area contributed by atoms with Crippen molar-refractivity contribution < 1.29 is 4.74 Å². The summed E-state index contributed by atoms with van der Waals surface area (Å²) in [4.78, 5) is 9.75. The fourth-order valence-electron chi connectivity index (χ4n) is 9.61. The van der Waals surface area contributed by atoms with Crippen molar-refractivity contribution in [2.24, 2.45) is 0 Å². The molecule has 5 nitrogen and oxygen atoms in total. The normalized spacial score (nSPS) is 13.9. The third-order valence-corrected chi connectivity index (χ3v) is 14.1. The smallest absolute Gasteiger partial charge is 0.137 e. The SMILES string of the molecule is CC(C)(C)c1cc(Oc2cc(C(C)(C)c3ccccc3)c3c4ccccc4n(-c4cc(C(C)(C)C)ccn4)c3c2)cc(N2C=CN(c3cc(C(C)(C)C)cc(C(C)(C)c4ccccc4)c3)C2)c1. The van der Waals surface area contributed by atoms with Crippen molar-refractivity contribution in [1.29, 1.82) is 0 Å². The molecule has 3 heterocycles. The molecule has 0 atom stereocenters. The first-order valence-electron chi connectivity index (χ1n) is 24.0. The predicted octanol–water partition coefficient (Wildman–Crippen LogP) is 16.3. The first-order chi connectivity index (χ1) is 31.6. The van der Waals surface area contributed by atoms with Gasteiger partial charge in [-0.3, -0.25) is 4.57 Å². The van der Waals surface area contributed by atoms with Crippen molar-refractivity contribution in [2.75, 3.05) is 16.5 Å². The number of hydrogen-bond donors (Lipinski definition) is 0. The molecule has 0 saturated carbocycles. The van der Waals surface area contributed by atoms with Gasteiger partial charge in [0.2, 0.25) is 0 Å². The highest BCUT2D eigenvalue weighted by molar-refractivity contribution is 6.11.